The maximum atomic E-state index is 12.2. The Kier molecular flexibility index (Phi) is 6.16. The Hall–Kier alpha value is -2.30. The molecule has 0 aliphatic rings. The van der Waals surface area contributed by atoms with Crippen LogP contribution in [0.25, 0.3) is 0 Å². The third-order valence-electron chi connectivity index (χ3n) is 3.36. The molecule has 22 heavy (non-hydrogen) atoms. The van der Waals surface area contributed by atoms with Crippen LogP contribution >= 0.6 is 0 Å². The highest BCUT2D eigenvalue weighted by Gasteiger charge is 2.21. The lowest BCUT2D eigenvalue weighted by molar-refractivity contribution is -0.142. The van der Waals surface area contributed by atoms with Crippen molar-refractivity contribution < 1.29 is 9.59 Å². The molecule has 0 aliphatic heterocycles. The minimum absolute atomic E-state index is 0.388. The van der Waals surface area contributed by atoms with E-state index in [1.54, 1.807) is 6.07 Å². The number of amides is 2. The number of hydrogen-bond acceptors (Lipinski definition) is 3. The number of anilines is 2. The molecule has 0 saturated heterocycles. The lowest BCUT2D eigenvalue weighted by atomic mass is 10.1. The monoisotopic (exact) mass is 303 g/mol. The Labute approximate surface area is 132 Å². The van der Waals surface area contributed by atoms with Gasteiger partial charge in [-0.15, -0.1) is 0 Å². The van der Waals surface area contributed by atoms with Crippen LogP contribution in [0.15, 0.2) is 30.4 Å². The van der Waals surface area contributed by atoms with Crippen molar-refractivity contribution in [3.05, 3.63) is 35.9 Å². The summed E-state index contributed by atoms with van der Waals surface area (Å²) in [5.41, 5.74) is 3.42. The summed E-state index contributed by atoms with van der Waals surface area (Å²) in [6.45, 7) is 10.2. The molecule has 120 valence electrons. The molecule has 1 aromatic carbocycles. The molecule has 1 aromatic rings. The zero-order chi connectivity index (χ0) is 16.9. The predicted octanol–water partition coefficient (Wildman–Crippen LogP) is 2.42. The molecule has 0 spiro atoms. The van der Waals surface area contributed by atoms with Crippen LogP contribution in [0.1, 0.15) is 19.4 Å². The van der Waals surface area contributed by atoms with Gasteiger partial charge in [0.25, 0.3) is 0 Å². The second-order valence-electron chi connectivity index (χ2n) is 5.57. The summed E-state index contributed by atoms with van der Waals surface area (Å²) >= 11 is 0. The first-order chi connectivity index (χ1) is 10.3. The Bertz CT molecular complexity index is 579. The maximum Gasteiger partial charge on any atom is 0.313 e. The first-order valence-electron chi connectivity index (χ1n) is 7.29. The highest BCUT2D eigenvalue weighted by molar-refractivity contribution is 6.39. The number of likely N-dealkylation sites (N-methyl/N-ethyl adjacent to an activating group) is 1. The molecule has 0 atom stereocenters. The summed E-state index contributed by atoms with van der Waals surface area (Å²) in [7, 11) is 3.87. The van der Waals surface area contributed by atoms with E-state index in [9.17, 15) is 9.59 Å². The number of carbonyl (C=O) groups excluding carboxylic acids is 2. The zero-order valence-corrected chi connectivity index (χ0v) is 14.1. The largest absolute Gasteiger partial charge is 0.377 e. The van der Waals surface area contributed by atoms with Gasteiger partial charge < -0.3 is 15.1 Å². The van der Waals surface area contributed by atoms with Gasteiger partial charge in [0.2, 0.25) is 0 Å². The van der Waals surface area contributed by atoms with Crippen LogP contribution in [0.5, 0.6) is 0 Å². The van der Waals surface area contributed by atoms with Gasteiger partial charge in [-0.3, -0.25) is 9.59 Å². The molecule has 0 bridgehead atoms. The second kappa shape index (κ2) is 7.64. The van der Waals surface area contributed by atoms with E-state index in [1.165, 1.54) is 4.90 Å². The molecule has 1 N–H and O–H groups in total. The summed E-state index contributed by atoms with van der Waals surface area (Å²) in [4.78, 5) is 27.8. The van der Waals surface area contributed by atoms with Crippen LogP contribution in [-0.2, 0) is 9.59 Å². The molecule has 0 aromatic heterocycles. The van der Waals surface area contributed by atoms with Crippen molar-refractivity contribution in [1.82, 2.24) is 4.90 Å². The summed E-state index contributed by atoms with van der Waals surface area (Å²) in [5.74, 6) is -1.16. The van der Waals surface area contributed by atoms with E-state index in [-0.39, 0.29) is 0 Å². The van der Waals surface area contributed by atoms with E-state index in [0.29, 0.717) is 18.8 Å². The topological polar surface area (TPSA) is 52.7 Å². The van der Waals surface area contributed by atoms with Crippen molar-refractivity contribution >= 4 is 23.2 Å². The van der Waals surface area contributed by atoms with E-state index in [1.807, 2.05) is 51.9 Å². The summed E-state index contributed by atoms with van der Waals surface area (Å²) in [5, 5.41) is 2.71. The average Bonchev–Trinajstić information content (AvgIpc) is 2.45. The van der Waals surface area contributed by atoms with Gasteiger partial charge in [-0.25, -0.2) is 0 Å². The molecule has 0 saturated carbocycles. The van der Waals surface area contributed by atoms with Crippen LogP contribution in [0.3, 0.4) is 0 Å². The van der Waals surface area contributed by atoms with Crippen molar-refractivity contribution in [3.63, 3.8) is 0 Å². The van der Waals surface area contributed by atoms with Gasteiger partial charge in [-0.1, -0.05) is 18.2 Å². The molecular formula is C17H25N3O2. The van der Waals surface area contributed by atoms with Crippen LogP contribution < -0.4 is 10.2 Å². The number of rotatable bonds is 5. The SMILES string of the molecule is C=C(C)CN(CC)C(=O)C(=O)Nc1cccc(N(C)C)c1C. The average molecular weight is 303 g/mol. The molecule has 2 amide bonds. The molecular weight excluding hydrogens is 278 g/mol. The normalized spacial score (nSPS) is 10.0. The number of hydrogen-bond donors (Lipinski definition) is 1. The first-order valence-corrected chi connectivity index (χ1v) is 7.29. The van der Waals surface area contributed by atoms with Crippen molar-refractivity contribution in [3.8, 4) is 0 Å². The quantitative estimate of drug-likeness (QED) is 0.671. The number of nitrogens with one attached hydrogen (secondary N) is 1. The zero-order valence-electron chi connectivity index (χ0n) is 14.1. The molecule has 0 unspecified atom stereocenters. The van der Waals surface area contributed by atoms with Crippen molar-refractivity contribution in [2.45, 2.75) is 20.8 Å². The highest BCUT2D eigenvalue weighted by Crippen LogP contribution is 2.25. The van der Waals surface area contributed by atoms with Crippen LogP contribution in [-0.4, -0.2) is 43.9 Å². The molecule has 1 rings (SSSR count). The Balaban J connectivity index is 2.91. The fraction of sp³-hybridized carbons (Fsp3) is 0.412. The summed E-state index contributed by atoms with van der Waals surface area (Å²) in [6, 6.07) is 5.61. The Morgan fingerprint density at radius 3 is 2.41 bits per heavy atom. The third kappa shape index (κ3) is 4.35. The second-order valence-corrected chi connectivity index (χ2v) is 5.57. The van der Waals surface area contributed by atoms with Crippen LogP contribution in [0.2, 0.25) is 0 Å². The first kappa shape index (κ1) is 17.8. The lowest BCUT2D eigenvalue weighted by Crippen LogP contribution is -2.40. The van der Waals surface area contributed by atoms with Crippen LogP contribution in [0, 0.1) is 6.92 Å². The van der Waals surface area contributed by atoms with Gasteiger partial charge in [-0.2, -0.15) is 0 Å². The number of carbonyl (C=O) groups is 2. The van der Waals surface area contributed by atoms with Gasteiger partial charge in [0.15, 0.2) is 0 Å². The van der Waals surface area contributed by atoms with Crippen molar-refractivity contribution in [2.75, 3.05) is 37.4 Å². The minimum atomic E-state index is -0.623. The molecule has 0 aliphatic carbocycles. The van der Waals surface area contributed by atoms with Crippen LogP contribution in [0.4, 0.5) is 11.4 Å². The summed E-state index contributed by atoms with van der Waals surface area (Å²) < 4.78 is 0. The number of benzene rings is 1. The number of nitrogens with zero attached hydrogens (tertiary/aromatic N) is 2. The lowest BCUT2D eigenvalue weighted by Gasteiger charge is -2.21. The minimum Gasteiger partial charge on any atom is -0.377 e. The maximum absolute atomic E-state index is 12.2. The highest BCUT2D eigenvalue weighted by atomic mass is 16.2. The van der Waals surface area contributed by atoms with Gasteiger partial charge in [-0.05, 0) is 38.5 Å². The van der Waals surface area contributed by atoms with E-state index in [4.69, 9.17) is 0 Å². The van der Waals surface area contributed by atoms with E-state index in [2.05, 4.69) is 11.9 Å². The molecule has 5 nitrogen and oxygen atoms in total. The standard InChI is InChI=1S/C17H25N3O2/c1-7-20(11-12(2)3)17(22)16(21)18-14-9-8-10-15(13(14)4)19(5)6/h8-10H,2,7,11H2,1,3-6H3,(H,18,21). The molecule has 0 fully saturated rings. The smallest absolute Gasteiger partial charge is 0.313 e. The van der Waals surface area contributed by atoms with Crippen molar-refractivity contribution in [1.29, 1.82) is 0 Å². The van der Waals surface area contributed by atoms with Gasteiger partial charge in [0.1, 0.15) is 0 Å². The van der Waals surface area contributed by atoms with E-state index >= 15 is 0 Å². The Morgan fingerprint density at radius 2 is 1.91 bits per heavy atom. The van der Waals surface area contributed by atoms with Gasteiger partial charge in [0, 0.05) is 38.6 Å². The van der Waals surface area contributed by atoms with Crippen molar-refractivity contribution in [2.24, 2.45) is 0 Å². The summed E-state index contributed by atoms with van der Waals surface area (Å²) in [6.07, 6.45) is 0. The van der Waals surface area contributed by atoms with Gasteiger partial charge >= 0.3 is 11.8 Å². The molecule has 0 radical (unpaired) electrons. The predicted molar refractivity (Wildman–Crippen MR) is 91.2 cm³/mol. The Morgan fingerprint density at radius 1 is 1.27 bits per heavy atom. The third-order valence-corrected chi connectivity index (χ3v) is 3.36. The molecule has 5 heteroatoms. The van der Waals surface area contributed by atoms with E-state index in [0.717, 1.165) is 16.8 Å². The fourth-order valence-corrected chi connectivity index (χ4v) is 2.22. The van der Waals surface area contributed by atoms with Gasteiger partial charge in [0.05, 0.1) is 0 Å². The molecule has 0 heterocycles. The van der Waals surface area contributed by atoms with E-state index < -0.39 is 11.8 Å². The fourth-order valence-electron chi connectivity index (χ4n) is 2.22.